The Bertz CT molecular complexity index is 836. The van der Waals surface area contributed by atoms with Gasteiger partial charge in [-0.15, -0.1) is 0 Å². The number of nitrogens with zero attached hydrogens (tertiary/aromatic N) is 1. The largest absolute Gasteiger partial charge is 0.342 e. The van der Waals surface area contributed by atoms with Gasteiger partial charge in [0.05, 0.1) is 10.6 Å². The third-order valence-corrected chi connectivity index (χ3v) is 5.10. The quantitative estimate of drug-likeness (QED) is 0.818. The molecule has 2 rings (SSSR count). The number of rotatable bonds is 7. The van der Waals surface area contributed by atoms with Gasteiger partial charge in [0.25, 0.3) is 15.9 Å². The second kappa shape index (κ2) is 8.11. The predicted molar refractivity (Wildman–Crippen MR) is 95.5 cm³/mol. The molecule has 7 heteroatoms. The van der Waals surface area contributed by atoms with E-state index in [-0.39, 0.29) is 16.5 Å². The summed E-state index contributed by atoms with van der Waals surface area (Å²) in [7, 11) is -2.22. The SMILES string of the molecule is CCCCN(C)C(=O)c1ccc(S(=O)(=O)Nc2ccccc2F)cc1. The molecule has 2 aromatic rings. The fraction of sp³-hybridized carbons (Fsp3) is 0.278. The molecule has 0 bridgehead atoms. The highest BCUT2D eigenvalue weighted by atomic mass is 32.2. The van der Waals surface area contributed by atoms with Gasteiger partial charge >= 0.3 is 0 Å². The lowest BCUT2D eigenvalue weighted by molar-refractivity contribution is 0.0793. The average Bonchev–Trinajstić information content (AvgIpc) is 2.61. The van der Waals surface area contributed by atoms with E-state index in [1.807, 2.05) is 6.92 Å². The fourth-order valence-corrected chi connectivity index (χ4v) is 3.31. The predicted octanol–water partition coefficient (Wildman–Crippen LogP) is 3.50. The average molecular weight is 364 g/mol. The molecule has 0 atom stereocenters. The first-order valence-corrected chi connectivity index (χ1v) is 9.46. The third kappa shape index (κ3) is 4.79. The lowest BCUT2D eigenvalue weighted by Crippen LogP contribution is -2.27. The van der Waals surface area contributed by atoms with Crippen LogP contribution in [0.15, 0.2) is 53.4 Å². The van der Waals surface area contributed by atoms with E-state index in [1.165, 1.54) is 48.5 Å². The minimum Gasteiger partial charge on any atom is -0.342 e. The summed E-state index contributed by atoms with van der Waals surface area (Å²) in [5.74, 6) is -0.824. The van der Waals surface area contributed by atoms with Gasteiger partial charge < -0.3 is 4.90 Å². The molecule has 0 spiro atoms. The maximum atomic E-state index is 13.6. The maximum absolute atomic E-state index is 13.6. The Labute approximate surface area is 147 Å². The van der Waals surface area contributed by atoms with Gasteiger partial charge in [-0.2, -0.15) is 0 Å². The van der Waals surface area contributed by atoms with Crippen LogP contribution in [0, 0.1) is 5.82 Å². The van der Waals surface area contributed by atoms with Crippen LogP contribution in [0.3, 0.4) is 0 Å². The van der Waals surface area contributed by atoms with Crippen molar-refractivity contribution >= 4 is 21.6 Å². The molecular weight excluding hydrogens is 343 g/mol. The molecule has 0 radical (unpaired) electrons. The van der Waals surface area contributed by atoms with Crippen molar-refractivity contribution in [3.8, 4) is 0 Å². The molecule has 0 saturated heterocycles. The number of sulfonamides is 1. The molecule has 0 saturated carbocycles. The molecule has 25 heavy (non-hydrogen) atoms. The van der Waals surface area contributed by atoms with E-state index >= 15 is 0 Å². The highest BCUT2D eigenvalue weighted by molar-refractivity contribution is 7.92. The van der Waals surface area contributed by atoms with Crippen LogP contribution < -0.4 is 4.72 Å². The van der Waals surface area contributed by atoms with Crippen LogP contribution in [0.4, 0.5) is 10.1 Å². The van der Waals surface area contributed by atoms with E-state index in [4.69, 9.17) is 0 Å². The topological polar surface area (TPSA) is 66.5 Å². The maximum Gasteiger partial charge on any atom is 0.261 e. The fourth-order valence-electron chi connectivity index (χ4n) is 2.24. The summed E-state index contributed by atoms with van der Waals surface area (Å²) >= 11 is 0. The number of hydrogen-bond acceptors (Lipinski definition) is 3. The zero-order valence-electron chi connectivity index (χ0n) is 14.2. The summed E-state index contributed by atoms with van der Waals surface area (Å²) in [5, 5.41) is 0. The van der Waals surface area contributed by atoms with Crippen LogP contribution >= 0.6 is 0 Å². The van der Waals surface area contributed by atoms with Gasteiger partial charge in [0.15, 0.2) is 0 Å². The van der Waals surface area contributed by atoms with Gasteiger partial charge in [0.2, 0.25) is 0 Å². The van der Waals surface area contributed by atoms with E-state index in [9.17, 15) is 17.6 Å². The van der Waals surface area contributed by atoms with Crippen LogP contribution in [0.25, 0.3) is 0 Å². The molecule has 1 amide bonds. The van der Waals surface area contributed by atoms with Gasteiger partial charge in [-0.3, -0.25) is 9.52 Å². The molecule has 0 unspecified atom stereocenters. The van der Waals surface area contributed by atoms with E-state index in [2.05, 4.69) is 4.72 Å². The van der Waals surface area contributed by atoms with Crippen LogP contribution in [0.1, 0.15) is 30.1 Å². The minimum atomic E-state index is -3.93. The van der Waals surface area contributed by atoms with E-state index in [1.54, 1.807) is 11.9 Å². The number of halogens is 1. The normalized spacial score (nSPS) is 11.2. The van der Waals surface area contributed by atoms with Crippen molar-refractivity contribution in [2.45, 2.75) is 24.7 Å². The standard InChI is InChI=1S/C18H21FN2O3S/c1-3-4-13-21(2)18(22)14-9-11-15(12-10-14)25(23,24)20-17-8-6-5-7-16(17)19/h5-12,20H,3-4,13H2,1-2H3. The molecule has 0 aliphatic heterocycles. The van der Waals surface area contributed by atoms with E-state index in [0.29, 0.717) is 12.1 Å². The molecular formula is C18H21FN2O3S. The Morgan fingerprint density at radius 3 is 2.36 bits per heavy atom. The second-order valence-electron chi connectivity index (χ2n) is 5.69. The van der Waals surface area contributed by atoms with Crippen molar-refractivity contribution in [1.29, 1.82) is 0 Å². The van der Waals surface area contributed by atoms with Gasteiger partial charge in [0.1, 0.15) is 5.82 Å². The summed E-state index contributed by atoms with van der Waals surface area (Å²) in [5.41, 5.74) is 0.283. The number of para-hydroxylation sites is 1. The molecule has 2 aromatic carbocycles. The van der Waals surface area contributed by atoms with Gasteiger partial charge in [-0.25, -0.2) is 12.8 Å². The summed E-state index contributed by atoms with van der Waals surface area (Å²) in [4.78, 5) is 13.8. The Hall–Kier alpha value is -2.41. The summed E-state index contributed by atoms with van der Waals surface area (Å²) < 4.78 is 40.5. The Morgan fingerprint density at radius 2 is 1.76 bits per heavy atom. The molecule has 0 aromatic heterocycles. The van der Waals surface area contributed by atoms with Crippen LogP contribution in [0.2, 0.25) is 0 Å². The summed E-state index contributed by atoms with van der Waals surface area (Å²) in [6.45, 7) is 2.69. The van der Waals surface area contributed by atoms with Crippen molar-refractivity contribution in [1.82, 2.24) is 4.90 Å². The first-order chi connectivity index (χ1) is 11.8. The number of anilines is 1. The number of hydrogen-bond donors (Lipinski definition) is 1. The Balaban J connectivity index is 2.16. The lowest BCUT2D eigenvalue weighted by Gasteiger charge is -2.17. The van der Waals surface area contributed by atoms with Crippen LogP contribution in [0.5, 0.6) is 0 Å². The molecule has 1 N–H and O–H groups in total. The monoisotopic (exact) mass is 364 g/mol. The van der Waals surface area contributed by atoms with Crippen molar-refractivity contribution in [2.75, 3.05) is 18.3 Å². The number of unbranched alkanes of at least 4 members (excludes halogenated alkanes) is 1. The van der Waals surface area contributed by atoms with Gasteiger partial charge in [-0.1, -0.05) is 25.5 Å². The molecule has 0 aliphatic carbocycles. The molecule has 0 fully saturated rings. The van der Waals surface area contributed by atoms with Gasteiger partial charge in [0, 0.05) is 19.2 Å². The first kappa shape index (κ1) is 18.9. The number of carbonyl (C=O) groups is 1. The number of carbonyl (C=O) groups excluding carboxylic acids is 1. The second-order valence-corrected chi connectivity index (χ2v) is 7.37. The van der Waals surface area contributed by atoms with Crippen molar-refractivity contribution in [3.05, 3.63) is 59.9 Å². The molecule has 5 nitrogen and oxygen atoms in total. The molecule has 0 aliphatic rings. The van der Waals surface area contributed by atoms with Crippen molar-refractivity contribution in [3.63, 3.8) is 0 Å². The van der Waals surface area contributed by atoms with Crippen LogP contribution in [-0.2, 0) is 10.0 Å². The molecule has 0 heterocycles. The number of amides is 1. The highest BCUT2D eigenvalue weighted by Crippen LogP contribution is 2.19. The van der Waals surface area contributed by atoms with E-state index in [0.717, 1.165) is 12.8 Å². The first-order valence-electron chi connectivity index (χ1n) is 7.98. The zero-order valence-corrected chi connectivity index (χ0v) is 15.0. The Kier molecular flexibility index (Phi) is 6.14. The molecule has 134 valence electrons. The number of nitrogens with one attached hydrogen (secondary N) is 1. The number of benzene rings is 2. The summed E-state index contributed by atoms with van der Waals surface area (Å²) in [6, 6.07) is 11.1. The van der Waals surface area contributed by atoms with Crippen molar-refractivity contribution < 1.29 is 17.6 Å². The summed E-state index contributed by atoms with van der Waals surface area (Å²) in [6.07, 6.45) is 1.89. The minimum absolute atomic E-state index is 0.0384. The third-order valence-electron chi connectivity index (χ3n) is 3.72. The Morgan fingerprint density at radius 1 is 1.12 bits per heavy atom. The van der Waals surface area contributed by atoms with E-state index < -0.39 is 15.8 Å². The van der Waals surface area contributed by atoms with Gasteiger partial charge in [-0.05, 0) is 42.8 Å². The zero-order chi connectivity index (χ0) is 18.4. The van der Waals surface area contributed by atoms with Crippen LogP contribution in [-0.4, -0.2) is 32.8 Å². The smallest absolute Gasteiger partial charge is 0.261 e. The highest BCUT2D eigenvalue weighted by Gasteiger charge is 2.17. The van der Waals surface area contributed by atoms with Crippen molar-refractivity contribution in [2.24, 2.45) is 0 Å². The lowest BCUT2D eigenvalue weighted by atomic mass is 10.2.